The summed E-state index contributed by atoms with van der Waals surface area (Å²) in [6.45, 7) is 11.6. The van der Waals surface area contributed by atoms with E-state index in [4.69, 9.17) is 11.6 Å². The Morgan fingerprint density at radius 3 is 2.38 bits per heavy atom. The van der Waals surface area contributed by atoms with Crippen LogP contribution in [0.1, 0.15) is 45.2 Å². The molecule has 2 nitrogen and oxygen atoms in total. The summed E-state index contributed by atoms with van der Waals surface area (Å²) in [5.74, 6) is 1.67. The molecule has 0 radical (unpaired) electrons. The highest BCUT2D eigenvalue weighted by molar-refractivity contribution is 6.30. The summed E-state index contributed by atoms with van der Waals surface area (Å²) >= 11 is 6.00. The SMILES string of the molecule is CCNC(CCN1CC(C)CC(C)C1)c1ccc(Cl)cc1. The molecule has 2 rings (SSSR count). The Morgan fingerprint density at radius 1 is 1.19 bits per heavy atom. The molecule has 0 spiro atoms. The van der Waals surface area contributed by atoms with E-state index in [-0.39, 0.29) is 0 Å². The van der Waals surface area contributed by atoms with E-state index in [0.29, 0.717) is 6.04 Å². The molecule has 0 aliphatic carbocycles. The number of likely N-dealkylation sites (tertiary alicyclic amines) is 1. The monoisotopic (exact) mass is 308 g/mol. The van der Waals surface area contributed by atoms with Crippen LogP contribution in [-0.2, 0) is 0 Å². The molecule has 3 atom stereocenters. The highest BCUT2D eigenvalue weighted by Gasteiger charge is 2.22. The molecule has 3 unspecified atom stereocenters. The van der Waals surface area contributed by atoms with Crippen molar-refractivity contribution in [1.29, 1.82) is 0 Å². The van der Waals surface area contributed by atoms with Crippen molar-refractivity contribution in [1.82, 2.24) is 10.2 Å². The van der Waals surface area contributed by atoms with Crippen LogP contribution in [0.2, 0.25) is 5.02 Å². The predicted octanol–water partition coefficient (Wildman–Crippen LogP) is 4.36. The number of nitrogens with one attached hydrogen (secondary N) is 1. The van der Waals surface area contributed by atoms with Crippen molar-refractivity contribution in [3.8, 4) is 0 Å². The van der Waals surface area contributed by atoms with E-state index in [9.17, 15) is 0 Å². The number of halogens is 1. The highest BCUT2D eigenvalue weighted by Crippen LogP contribution is 2.24. The first-order valence-electron chi connectivity index (χ1n) is 8.29. The first-order chi connectivity index (χ1) is 10.1. The van der Waals surface area contributed by atoms with Gasteiger partial charge in [-0.3, -0.25) is 0 Å². The van der Waals surface area contributed by atoms with Crippen molar-refractivity contribution in [2.75, 3.05) is 26.2 Å². The third-order valence-electron chi connectivity index (χ3n) is 4.40. The van der Waals surface area contributed by atoms with Gasteiger partial charge in [-0.25, -0.2) is 0 Å². The fourth-order valence-electron chi connectivity index (χ4n) is 3.61. The molecule has 1 saturated heterocycles. The van der Waals surface area contributed by atoms with Crippen molar-refractivity contribution in [3.05, 3.63) is 34.9 Å². The lowest BCUT2D eigenvalue weighted by Gasteiger charge is -2.35. The summed E-state index contributed by atoms with van der Waals surface area (Å²) in [5.41, 5.74) is 1.35. The second-order valence-electron chi connectivity index (χ2n) is 6.66. The van der Waals surface area contributed by atoms with Gasteiger partial charge >= 0.3 is 0 Å². The average Bonchev–Trinajstić information content (AvgIpc) is 2.43. The minimum absolute atomic E-state index is 0.430. The molecule has 0 aromatic heterocycles. The van der Waals surface area contributed by atoms with Gasteiger partial charge in [0.05, 0.1) is 0 Å². The zero-order chi connectivity index (χ0) is 15.2. The van der Waals surface area contributed by atoms with Gasteiger partial charge in [0, 0.05) is 24.2 Å². The van der Waals surface area contributed by atoms with Crippen LogP contribution in [0, 0.1) is 11.8 Å². The lowest BCUT2D eigenvalue weighted by molar-refractivity contribution is 0.135. The largest absolute Gasteiger partial charge is 0.310 e. The zero-order valence-corrected chi connectivity index (χ0v) is 14.4. The third kappa shape index (κ3) is 5.28. The third-order valence-corrected chi connectivity index (χ3v) is 4.65. The number of hydrogen-bond donors (Lipinski definition) is 1. The van der Waals surface area contributed by atoms with Crippen LogP contribution in [0.25, 0.3) is 0 Å². The molecule has 1 aliphatic heterocycles. The summed E-state index contributed by atoms with van der Waals surface area (Å²) in [7, 11) is 0. The van der Waals surface area contributed by atoms with E-state index in [2.05, 4.69) is 43.1 Å². The van der Waals surface area contributed by atoms with Crippen LogP contribution in [0.3, 0.4) is 0 Å². The smallest absolute Gasteiger partial charge is 0.0406 e. The lowest BCUT2D eigenvalue weighted by atomic mass is 9.91. The van der Waals surface area contributed by atoms with Crippen LogP contribution in [-0.4, -0.2) is 31.1 Å². The van der Waals surface area contributed by atoms with Crippen molar-refractivity contribution in [3.63, 3.8) is 0 Å². The Labute approximate surface area is 134 Å². The fourth-order valence-corrected chi connectivity index (χ4v) is 3.74. The van der Waals surface area contributed by atoms with Crippen molar-refractivity contribution in [2.24, 2.45) is 11.8 Å². The molecule has 1 fully saturated rings. The highest BCUT2D eigenvalue weighted by atomic mass is 35.5. The van der Waals surface area contributed by atoms with Gasteiger partial charge in [-0.15, -0.1) is 0 Å². The Kier molecular flexibility index (Phi) is 6.53. The number of rotatable bonds is 6. The van der Waals surface area contributed by atoms with Crippen molar-refractivity contribution in [2.45, 2.75) is 39.7 Å². The van der Waals surface area contributed by atoms with E-state index in [1.165, 1.54) is 31.6 Å². The van der Waals surface area contributed by atoms with Gasteiger partial charge < -0.3 is 10.2 Å². The van der Waals surface area contributed by atoms with E-state index in [0.717, 1.165) is 29.8 Å². The molecular weight excluding hydrogens is 280 g/mol. The number of hydrogen-bond acceptors (Lipinski definition) is 2. The first kappa shape index (κ1) is 16.8. The van der Waals surface area contributed by atoms with Crippen molar-refractivity contribution >= 4 is 11.6 Å². The summed E-state index contributed by atoms with van der Waals surface area (Å²) in [6.07, 6.45) is 2.54. The standard InChI is InChI=1S/C18H29ClN2/c1-4-20-18(16-5-7-17(19)8-6-16)9-10-21-12-14(2)11-15(3)13-21/h5-8,14-15,18,20H,4,9-13H2,1-3H3. The van der Waals surface area contributed by atoms with E-state index >= 15 is 0 Å². The molecule has 1 aliphatic rings. The van der Waals surface area contributed by atoms with Gasteiger partial charge in [0.15, 0.2) is 0 Å². The predicted molar refractivity (Wildman–Crippen MR) is 91.9 cm³/mol. The Balaban J connectivity index is 1.92. The first-order valence-corrected chi connectivity index (χ1v) is 8.67. The van der Waals surface area contributed by atoms with E-state index in [1.807, 2.05) is 12.1 Å². The Bertz CT molecular complexity index is 408. The summed E-state index contributed by atoms with van der Waals surface area (Å²) < 4.78 is 0. The molecule has 0 amide bonds. The van der Waals surface area contributed by atoms with Gasteiger partial charge in [-0.2, -0.15) is 0 Å². The summed E-state index contributed by atoms with van der Waals surface area (Å²) in [6, 6.07) is 8.71. The van der Waals surface area contributed by atoms with E-state index < -0.39 is 0 Å². The molecule has 1 aromatic carbocycles. The Hall–Kier alpha value is -0.570. The number of piperidine rings is 1. The van der Waals surface area contributed by atoms with Gasteiger partial charge in [-0.05, 0) is 55.5 Å². The van der Waals surface area contributed by atoms with Crippen LogP contribution in [0.15, 0.2) is 24.3 Å². The molecule has 0 bridgehead atoms. The van der Waals surface area contributed by atoms with Gasteiger partial charge in [0.2, 0.25) is 0 Å². The minimum atomic E-state index is 0.430. The van der Waals surface area contributed by atoms with Crippen LogP contribution in [0.5, 0.6) is 0 Å². The normalized spacial score (nSPS) is 25.0. The maximum Gasteiger partial charge on any atom is 0.0406 e. The van der Waals surface area contributed by atoms with Crippen LogP contribution in [0.4, 0.5) is 0 Å². The number of benzene rings is 1. The van der Waals surface area contributed by atoms with E-state index in [1.54, 1.807) is 0 Å². The number of nitrogens with zero attached hydrogens (tertiary/aromatic N) is 1. The molecule has 21 heavy (non-hydrogen) atoms. The minimum Gasteiger partial charge on any atom is -0.310 e. The quantitative estimate of drug-likeness (QED) is 0.840. The second kappa shape index (κ2) is 8.17. The lowest BCUT2D eigenvalue weighted by Crippen LogP contribution is -2.40. The van der Waals surface area contributed by atoms with Crippen LogP contribution >= 0.6 is 11.6 Å². The van der Waals surface area contributed by atoms with Gasteiger partial charge in [0.25, 0.3) is 0 Å². The molecule has 1 N–H and O–H groups in total. The zero-order valence-electron chi connectivity index (χ0n) is 13.6. The Morgan fingerprint density at radius 2 is 1.81 bits per heavy atom. The molecule has 3 heteroatoms. The molecule has 1 aromatic rings. The van der Waals surface area contributed by atoms with Gasteiger partial charge in [0.1, 0.15) is 0 Å². The summed E-state index contributed by atoms with van der Waals surface area (Å²) in [5, 5.41) is 4.42. The van der Waals surface area contributed by atoms with Crippen LogP contribution < -0.4 is 5.32 Å². The molecule has 0 saturated carbocycles. The second-order valence-corrected chi connectivity index (χ2v) is 7.09. The average molecular weight is 309 g/mol. The maximum atomic E-state index is 6.00. The fraction of sp³-hybridized carbons (Fsp3) is 0.667. The van der Waals surface area contributed by atoms with Crippen molar-refractivity contribution < 1.29 is 0 Å². The molecule has 1 heterocycles. The molecule has 118 valence electrons. The molecular formula is C18H29ClN2. The maximum absolute atomic E-state index is 6.00. The van der Waals surface area contributed by atoms with Gasteiger partial charge in [-0.1, -0.05) is 44.5 Å². The summed E-state index contributed by atoms with van der Waals surface area (Å²) in [4.78, 5) is 2.64. The topological polar surface area (TPSA) is 15.3 Å².